The van der Waals surface area contributed by atoms with Crippen molar-refractivity contribution in [1.82, 2.24) is 20.2 Å². The highest BCUT2D eigenvalue weighted by molar-refractivity contribution is 5.95. The second kappa shape index (κ2) is 10.2. The Hall–Kier alpha value is -1.44. The minimum Gasteiger partial charge on any atom is -0.379 e. The number of hydrogen-bond donors (Lipinski definition) is 1. The first kappa shape index (κ1) is 21.9. The summed E-state index contributed by atoms with van der Waals surface area (Å²) in [5.74, 6) is 1.42. The van der Waals surface area contributed by atoms with Crippen molar-refractivity contribution in [3.63, 3.8) is 0 Å². The molecule has 8 heteroatoms. The van der Waals surface area contributed by atoms with Crippen LogP contribution in [0.3, 0.4) is 0 Å². The molecule has 0 radical (unpaired) electrons. The van der Waals surface area contributed by atoms with Crippen molar-refractivity contribution < 1.29 is 9.53 Å². The van der Waals surface area contributed by atoms with E-state index in [1.54, 1.807) is 6.20 Å². The summed E-state index contributed by atoms with van der Waals surface area (Å²) in [7, 11) is 0. The van der Waals surface area contributed by atoms with Crippen LogP contribution in [0.25, 0.3) is 0 Å². The van der Waals surface area contributed by atoms with Crippen LogP contribution in [0.1, 0.15) is 42.7 Å². The number of rotatable bonds is 5. The molecule has 0 aromatic carbocycles. The summed E-state index contributed by atoms with van der Waals surface area (Å²) in [6.07, 6.45) is 4.01. The van der Waals surface area contributed by atoms with Gasteiger partial charge in [0.2, 0.25) is 5.95 Å². The molecule has 0 aliphatic carbocycles. The van der Waals surface area contributed by atoms with Gasteiger partial charge in [0.15, 0.2) is 0 Å². The van der Waals surface area contributed by atoms with Gasteiger partial charge >= 0.3 is 0 Å². The molecular weight excluding hydrogens is 366 g/mol. The largest absolute Gasteiger partial charge is 0.379 e. The second-order valence-corrected chi connectivity index (χ2v) is 7.63. The van der Waals surface area contributed by atoms with E-state index in [9.17, 15) is 4.79 Å². The molecule has 2 aliphatic heterocycles. The van der Waals surface area contributed by atoms with Gasteiger partial charge in [0.25, 0.3) is 5.91 Å². The first-order valence-corrected chi connectivity index (χ1v) is 9.72. The highest BCUT2D eigenvalue weighted by atomic mass is 35.5. The maximum atomic E-state index is 12.6. The van der Waals surface area contributed by atoms with E-state index in [0.717, 1.165) is 63.5 Å². The van der Waals surface area contributed by atoms with Crippen molar-refractivity contribution in [2.45, 2.75) is 39.7 Å². The topological polar surface area (TPSA) is 70.6 Å². The Kier molecular flexibility index (Phi) is 8.26. The van der Waals surface area contributed by atoms with Crippen molar-refractivity contribution in [3.8, 4) is 0 Å². The van der Waals surface area contributed by atoms with Crippen molar-refractivity contribution in [2.24, 2.45) is 5.92 Å². The zero-order valence-corrected chi connectivity index (χ0v) is 17.4. The minimum atomic E-state index is -0.0953. The van der Waals surface area contributed by atoms with Crippen LogP contribution in [-0.4, -0.2) is 72.8 Å². The zero-order chi connectivity index (χ0) is 18.5. The Morgan fingerprint density at radius 1 is 1.30 bits per heavy atom. The fourth-order valence-electron chi connectivity index (χ4n) is 3.56. The molecule has 0 saturated carbocycles. The molecule has 1 aromatic heterocycles. The lowest BCUT2D eigenvalue weighted by Crippen LogP contribution is -2.46. The third-order valence-corrected chi connectivity index (χ3v) is 5.29. The maximum absolute atomic E-state index is 12.6. The molecule has 7 nitrogen and oxygen atoms in total. The van der Waals surface area contributed by atoms with Crippen LogP contribution in [0.15, 0.2) is 6.20 Å². The third-order valence-electron chi connectivity index (χ3n) is 5.29. The Balaban J connectivity index is 0.00000261. The summed E-state index contributed by atoms with van der Waals surface area (Å²) in [4.78, 5) is 26.2. The van der Waals surface area contributed by atoms with Crippen LogP contribution in [0.2, 0.25) is 0 Å². The molecule has 1 unspecified atom stereocenters. The van der Waals surface area contributed by atoms with Crippen molar-refractivity contribution in [2.75, 3.05) is 50.8 Å². The van der Waals surface area contributed by atoms with Gasteiger partial charge in [-0.05, 0) is 32.6 Å². The molecule has 1 N–H and O–H groups in total. The van der Waals surface area contributed by atoms with E-state index in [4.69, 9.17) is 4.74 Å². The lowest BCUT2D eigenvalue weighted by molar-refractivity contribution is 0.0342. The van der Waals surface area contributed by atoms with Gasteiger partial charge in [0.1, 0.15) is 0 Å². The average Bonchev–Trinajstić information content (AvgIpc) is 2.63. The highest BCUT2D eigenvalue weighted by Crippen LogP contribution is 2.20. The lowest BCUT2D eigenvalue weighted by atomic mass is 10.00. The summed E-state index contributed by atoms with van der Waals surface area (Å²) in [6.45, 7) is 12.4. The molecule has 2 fully saturated rings. The molecule has 27 heavy (non-hydrogen) atoms. The zero-order valence-electron chi connectivity index (χ0n) is 16.6. The summed E-state index contributed by atoms with van der Waals surface area (Å²) in [5.41, 5.74) is 1.30. The number of aryl methyl sites for hydroxylation is 1. The SMILES string of the molecule is Cc1nc(N2CCC(C)CC2)ncc1C(=O)NC(C)CN1CCOCC1.Cl. The highest BCUT2D eigenvalue weighted by Gasteiger charge is 2.21. The molecule has 1 atom stereocenters. The Morgan fingerprint density at radius 3 is 2.59 bits per heavy atom. The molecule has 152 valence electrons. The number of piperidine rings is 1. The van der Waals surface area contributed by atoms with Gasteiger partial charge in [-0.1, -0.05) is 6.92 Å². The quantitative estimate of drug-likeness (QED) is 0.818. The number of halogens is 1. The number of anilines is 1. The monoisotopic (exact) mass is 397 g/mol. The Bertz CT molecular complexity index is 616. The number of nitrogens with one attached hydrogen (secondary N) is 1. The predicted octanol–water partition coefficient (Wildman–Crippen LogP) is 1.89. The van der Waals surface area contributed by atoms with Gasteiger partial charge in [-0.15, -0.1) is 12.4 Å². The number of morpholine rings is 1. The fraction of sp³-hybridized carbons (Fsp3) is 0.737. The number of nitrogens with zero attached hydrogens (tertiary/aromatic N) is 4. The molecule has 0 spiro atoms. The molecule has 3 heterocycles. The van der Waals surface area contributed by atoms with Crippen molar-refractivity contribution in [1.29, 1.82) is 0 Å². The first-order chi connectivity index (χ1) is 12.5. The fourth-order valence-corrected chi connectivity index (χ4v) is 3.56. The number of ether oxygens (including phenoxy) is 1. The van der Waals surface area contributed by atoms with E-state index in [1.807, 2.05) is 13.8 Å². The summed E-state index contributed by atoms with van der Waals surface area (Å²) >= 11 is 0. The van der Waals surface area contributed by atoms with Gasteiger partial charge < -0.3 is 15.0 Å². The Labute approximate surface area is 168 Å². The molecule has 2 aliphatic rings. The van der Waals surface area contributed by atoms with E-state index in [-0.39, 0.29) is 24.4 Å². The van der Waals surface area contributed by atoms with Gasteiger partial charge in [0, 0.05) is 45.0 Å². The standard InChI is InChI=1S/C19H31N5O2.ClH/c1-14-4-6-24(7-5-14)19-20-12-17(16(3)22-19)18(25)21-15(2)13-23-8-10-26-11-9-23;/h12,14-15H,4-11,13H2,1-3H3,(H,21,25);1H. The van der Waals surface area contributed by atoms with E-state index in [1.165, 1.54) is 12.8 Å². The minimum absolute atomic E-state index is 0. The third kappa shape index (κ3) is 6.02. The molecule has 1 aromatic rings. The van der Waals surface area contributed by atoms with Crippen molar-refractivity contribution in [3.05, 3.63) is 17.5 Å². The van der Waals surface area contributed by atoms with Gasteiger partial charge in [-0.2, -0.15) is 0 Å². The summed E-state index contributed by atoms with van der Waals surface area (Å²) in [6, 6.07) is 0.0725. The van der Waals surface area contributed by atoms with Gasteiger partial charge in [-0.25, -0.2) is 9.97 Å². The summed E-state index contributed by atoms with van der Waals surface area (Å²) < 4.78 is 5.36. The molecule has 0 bridgehead atoms. The van der Waals surface area contributed by atoms with E-state index in [2.05, 4.69) is 32.0 Å². The molecule has 2 saturated heterocycles. The second-order valence-electron chi connectivity index (χ2n) is 7.63. The lowest BCUT2D eigenvalue weighted by Gasteiger charge is -2.30. The number of carbonyl (C=O) groups excluding carboxylic acids is 1. The van der Waals surface area contributed by atoms with Crippen LogP contribution in [0.4, 0.5) is 5.95 Å². The molecule has 1 amide bonds. The smallest absolute Gasteiger partial charge is 0.254 e. The number of carbonyl (C=O) groups is 1. The van der Waals surface area contributed by atoms with Gasteiger partial charge in [-0.3, -0.25) is 9.69 Å². The first-order valence-electron chi connectivity index (χ1n) is 9.72. The predicted molar refractivity (Wildman–Crippen MR) is 109 cm³/mol. The number of aromatic nitrogens is 2. The van der Waals surface area contributed by atoms with E-state index < -0.39 is 0 Å². The number of hydrogen-bond acceptors (Lipinski definition) is 6. The summed E-state index contributed by atoms with van der Waals surface area (Å²) in [5, 5.41) is 3.07. The van der Waals surface area contributed by atoms with Crippen LogP contribution in [-0.2, 0) is 4.74 Å². The van der Waals surface area contributed by atoms with E-state index in [0.29, 0.717) is 5.56 Å². The van der Waals surface area contributed by atoms with Gasteiger partial charge in [0.05, 0.1) is 24.5 Å². The number of amides is 1. The van der Waals surface area contributed by atoms with Crippen LogP contribution >= 0.6 is 12.4 Å². The molecular formula is C19H32ClN5O2. The average molecular weight is 398 g/mol. The Morgan fingerprint density at radius 2 is 1.96 bits per heavy atom. The van der Waals surface area contributed by atoms with Crippen LogP contribution < -0.4 is 10.2 Å². The van der Waals surface area contributed by atoms with Crippen LogP contribution in [0.5, 0.6) is 0 Å². The maximum Gasteiger partial charge on any atom is 0.254 e. The normalized spacial score (nSPS) is 20.0. The van der Waals surface area contributed by atoms with Crippen LogP contribution in [0, 0.1) is 12.8 Å². The van der Waals surface area contributed by atoms with Crippen molar-refractivity contribution >= 4 is 24.3 Å². The molecule has 3 rings (SSSR count). The van der Waals surface area contributed by atoms with E-state index >= 15 is 0 Å².